The van der Waals surface area contributed by atoms with Crippen LogP contribution in [-0.2, 0) is 0 Å². The average Bonchev–Trinajstić information content (AvgIpc) is 3.45. The number of carbonyl (C=O) groups is 1. The van der Waals surface area contributed by atoms with Gasteiger partial charge in [-0.2, -0.15) is 19.0 Å². The fourth-order valence-electron chi connectivity index (χ4n) is 4.01. The largest absolute Gasteiger partial charge is 0.434 e. The summed E-state index contributed by atoms with van der Waals surface area (Å²) in [7, 11) is 0. The minimum Gasteiger partial charge on any atom is -0.434 e. The van der Waals surface area contributed by atoms with Crippen LogP contribution >= 0.6 is 11.6 Å². The van der Waals surface area contributed by atoms with Gasteiger partial charge in [-0.15, -0.1) is 0 Å². The second-order valence-corrected chi connectivity index (χ2v) is 8.35. The topological polar surface area (TPSA) is 119 Å². The summed E-state index contributed by atoms with van der Waals surface area (Å²) in [5, 5.41) is 25.4. The van der Waals surface area contributed by atoms with Gasteiger partial charge in [0.25, 0.3) is 5.91 Å². The molecule has 0 spiro atoms. The number of carbonyl (C=O) groups excluding carboxylic acids is 1. The Morgan fingerprint density at radius 1 is 1.37 bits per heavy atom. The van der Waals surface area contributed by atoms with Crippen molar-refractivity contribution in [3.05, 3.63) is 59.6 Å². The van der Waals surface area contributed by atoms with Gasteiger partial charge in [-0.05, 0) is 37.2 Å². The first-order valence-corrected chi connectivity index (χ1v) is 11.1. The molecule has 35 heavy (non-hydrogen) atoms. The Morgan fingerprint density at radius 2 is 2.23 bits per heavy atom. The fraction of sp³-hybridized carbons (Fsp3) is 0.273. The molecule has 10 nitrogen and oxygen atoms in total. The van der Waals surface area contributed by atoms with Gasteiger partial charge in [0.05, 0.1) is 24.0 Å². The number of amides is 1. The minimum atomic E-state index is -3.08. The van der Waals surface area contributed by atoms with E-state index in [1.807, 2.05) is 0 Å². The number of nitrogens with zero attached hydrogens (tertiary/aromatic N) is 5. The van der Waals surface area contributed by atoms with Crippen LogP contribution in [0.2, 0.25) is 5.02 Å². The first-order valence-electron chi connectivity index (χ1n) is 10.7. The van der Waals surface area contributed by atoms with E-state index in [1.54, 1.807) is 18.5 Å². The lowest BCUT2D eigenvalue weighted by Gasteiger charge is -2.28. The highest BCUT2D eigenvalue weighted by Gasteiger charge is 2.28. The van der Waals surface area contributed by atoms with Crippen LogP contribution in [0.1, 0.15) is 22.8 Å². The van der Waals surface area contributed by atoms with E-state index < -0.39 is 24.7 Å². The molecule has 2 unspecified atom stereocenters. The van der Waals surface area contributed by atoms with E-state index in [0.29, 0.717) is 25.2 Å². The number of aliphatic hydroxyl groups is 1. The van der Waals surface area contributed by atoms with Crippen molar-refractivity contribution in [1.82, 2.24) is 29.7 Å². The van der Waals surface area contributed by atoms with Crippen molar-refractivity contribution in [2.24, 2.45) is 0 Å². The quantitative estimate of drug-likeness (QED) is 0.370. The first-order chi connectivity index (χ1) is 16.9. The maximum atomic E-state index is 13.2. The van der Waals surface area contributed by atoms with Gasteiger partial charge >= 0.3 is 6.61 Å². The van der Waals surface area contributed by atoms with Crippen molar-refractivity contribution in [2.75, 3.05) is 18.4 Å². The van der Waals surface area contributed by atoms with Crippen molar-refractivity contribution in [2.45, 2.75) is 25.2 Å². The molecule has 2 atom stereocenters. The number of hydrogen-bond acceptors (Lipinski definition) is 7. The Kier molecular flexibility index (Phi) is 6.32. The van der Waals surface area contributed by atoms with Crippen LogP contribution < -0.4 is 15.4 Å². The molecule has 5 rings (SSSR count). The number of aromatic nitrogens is 5. The van der Waals surface area contributed by atoms with Crippen LogP contribution in [-0.4, -0.2) is 61.2 Å². The Bertz CT molecular complexity index is 1380. The number of rotatable bonds is 6. The van der Waals surface area contributed by atoms with Gasteiger partial charge < -0.3 is 20.5 Å². The van der Waals surface area contributed by atoms with Gasteiger partial charge in [0, 0.05) is 35.7 Å². The number of halogens is 3. The Hall–Kier alpha value is -3.61. The average molecular weight is 504 g/mol. The lowest BCUT2D eigenvalue weighted by atomic mass is 10.0. The second kappa shape index (κ2) is 9.56. The van der Waals surface area contributed by atoms with Crippen LogP contribution in [0.3, 0.4) is 0 Å². The maximum Gasteiger partial charge on any atom is 0.387 e. The molecule has 1 aliphatic rings. The molecule has 1 fully saturated rings. The van der Waals surface area contributed by atoms with E-state index in [1.165, 1.54) is 39.8 Å². The molecule has 1 saturated heterocycles. The van der Waals surface area contributed by atoms with Crippen LogP contribution in [0.25, 0.3) is 16.9 Å². The van der Waals surface area contributed by atoms with E-state index in [4.69, 9.17) is 11.6 Å². The van der Waals surface area contributed by atoms with Crippen LogP contribution in [0, 0.1) is 0 Å². The molecule has 3 N–H and O–H groups in total. The summed E-state index contributed by atoms with van der Waals surface area (Å²) in [4.78, 5) is 17.4. The molecule has 4 aromatic rings. The van der Waals surface area contributed by atoms with Gasteiger partial charge in [-0.3, -0.25) is 9.48 Å². The van der Waals surface area contributed by atoms with Gasteiger partial charge in [0.1, 0.15) is 17.0 Å². The summed E-state index contributed by atoms with van der Waals surface area (Å²) in [6, 6.07) is 5.38. The minimum absolute atomic E-state index is 0.152. The molecule has 1 aliphatic heterocycles. The SMILES string of the molecule is O=C(Nc1cn(C2CNCCC2O)nc1-c1cc(Cl)ccc1OC(F)F)c1cnn2cccnc12. The number of anilines is 1. The van der Waals surface area contributed by atoms with Gasteiger partial charge in [0.2, 0.25) is 0 Å². The summed E-state index contributed by atoms with van der Waals surface area (Å²) in [5.41, 5.74) is 1.07. The summed E-state index contributed by atoms with van der Waals surface area (Å²) >= 11 is 6.15. The molecule has 0 radical (unpaired) electrons. The van der Waals surface area contributed by atoms with Crippen molar-refractivity contribution in [1.29, 1.82) is 0 Å². The monoisotopic (exact) mass is 503 g/mol. The van der Waals surface area contributed by atoms with Crippen molar-refractivity contribution in [3.8, 4) is 17.0 Å². The summed E-state index contributed by atoms with van der Waals surface area (Å²) < 4.78 is 33.8. The summed E-state index contributed by atoms with van der Waals surface area (Å²) in [6.45, 7) is -1.99. The Morgan fingerprint density at radius 3 is 3.03 bits per heavy atom. The zero-order valence-corrected chi connectivity index (χ0v) is 18.9. The molecule has 13 heteroatoms. The normalized spacial score (nSPS) is 18.2. The van der Waals surface area contributed by atoms with E-state index >= 15 is 0 Å². The molecule has 1 aromatic carbocycles. The van der Waals surface area contributed by atoms with Crippen molar-refractivity contribution in [3.63, 3.8) is 0 Å². The fourth-order valence-corrected chi connectivity index (χ4v) is 4.19. The number of fused-ring (bicyclic) bond motifs is 1. The number of alkyl halides is 2. The molecular formula is C22H20ClF2N7O3. The number of aliphatic hydroxyl groups excluding tert-OH is 1. The molecule has 0 bridgehead atoms. The molecule has 4 heterocycles. The molecule has 3 aromatic heterocycles. The smallest absolute Gasteiger partial charge is 0.387 e. The predicted octanol–water partition coefficient (Wildman–Crippen LogP) is 3.00. The van der Waals surface area contributed by atoms with Crippen LogP contribution in [0.5, 0.6) is 5.75 Å². The number of benzene rings is 1. The number of ether oxygens (including phenoxy) is 1. The third-order valence-electron chi connectivity index (χ3n) is 5.67. The molecular weight excluding hydrogens is 484 g/mol. The van der Waals surface area contributed by atoms with Crippen LogP contribution in [0.4, 0.5) is 14.5 Å². The molecule has 182 valence electrons. The second-order valence-electron chi connectivity index (χ2n) is 7.92. The van der Waals surface area contributed by atoms with E-state index in [0.717, 1.165) is 0 Å². The summed E-state index contributed by atoms with van der Waals surface area (Å²) in [5.74, 6) is -0.690. The Labute approximate surface area is 202 Å². The first kappa shape index (κ1) is 23.1. The number of piperidine rings is 1. The zero-order chi connectivity index (χ0) is 24.5. The third-order valence-corrected chi connectivity index (χ3v) is 5.91. The Balaban J connectivity index is 1.58. The highest BCUT2D eigenvalue weighted by molar-refractivity contribution is 6.31. The lowest BCUT2D eigenvalue weighted by molar-refractivity contribution is -0.0494. The van der Waals surface area contributed by atoms with Crippen LogP contribution in [0.15, 0.2) is 49.1 Å². The van der Waals surface area contributed by atoms with Gasteiger partial charge in [0.15, 0.2) is 5.65 Å². The zero-order valence-electron chi connectivity index (χ0n) is 18.1. The predicted molar refractivity (Wildman–Crippen MR) is 123 cm³/mol. The van der Waals surface area contributed by atoms with Gasteiger partial charge in [-0.1, -0.05) is 11.6 Å². The lowest BCUT2D eigenvalue weighted by Crippen LogP contribution is -2.41. The number of nitrogens with one attached hydrogen (secondary N) is 2. The molecule has 0 saturated carbocycles. The highest BCUT2D eigenvalue weighted by Crippen LogP contribution is 2.38. The van der Waals surface area contributed by atoms with Crippen molar-refractivity contribution < 1.29 is 23.4 Å². The van der Waals surface area contributed by atoms with E-state index in [2.05, 4.69) is 30.6 Å². The van der Waals surface area contributed by atoms with E-state index in [9.17, 15) is 18.7 Å². The standard InChI is InChI=1S/C22H20ClF2N7O3/c23-12-2-3-18(35-22(24)25)13(8-12)19-15(11-32(30-19)16-10-26-6-4-17(16)33)29-21(34)14-9-28-31-7-1-5-27-20(14)31/h1-3,5,7-9,11,16-17,22,26,33H,4,6,10H2,(H,29,34). The van der Waals surface area contributed by atoms with Gasteiger partial charge in [-0.25, -0.2) is 9.50 Å². The highest BCUT2D eigenvalue weighted by atomic mass is 35.5. The molecule has 0 aliphatic carbocycles. The maximum absolute atomic E-state index is 13.2. The van der Waals surface area contributed by atoms with E-state index in [-0.39, 0.29) is 33.3 Å². The third kappa shape index (κ3) is 4.67. The summed E-state index contributed by atoms with van der Waals surface area (Å²) in [6.07, 6.45) is 5.93. The van der Waals surface area contributed by atoms with Crippen molar-refractivity contribution >= 4 is 28.8 Å². The number of hydrogen-bond donors (Lipinski definition) is 3. The molecule has 1 amide bonds.